The fourth-order valence-corrected chi connectivity index (χ4v) is 8.94. The Bertz CT molecular complexity index is 2020. The van der Waals surface area contributed by atoms with E-state index in [-0.39, 0.29) is 48.9 Å². The van der Waals surface area contributed by atoms with E-state index in [0.29, 0.717) is 60.2 Å². The van der Waals surface area contributed by atoms with Crippen molar-refractivity contribution in [1.29, 1.82) is 5.26 Å². The summed E-state index contributed by atoms with van der Waals surface area (Å²) in [6, 6.07) is 13.0. The van der Waals surface area contributed by atoms with Crippen molar-refractivity contribution in [3.8, 4) is 11.8 Å². The van der Waals surface area contributed by atoms with Gasteiger partial charge in [0.15, 0.2) is 0 Å². The zero-order valence-electron chi connectivity index (χ0n) is 30.0. The molecule has 1 aliphatic carbocycles. The molecule has 0 bridgehead atoms. The van der Waals surface area contributed by atoms with E-state index in [2.05, 4.69) is 59.2 Å². The number of piperidine rings is 1. The van der Waals surface area contributed by atoms with Crippen molar-refractivity contribution in [2.24, 2.45) is 10.8 Å². The maximum absolute atomic E-state index is 15.2. The Labute approximate surface area is 312 Å². The fraction of sp³-hybridized carbons (Fsp3) is 0.436. The third kappa shape index (κ3) is 6.70. The molecular formula is C39H41ClFN7O5. The summed E-state index contributed by atoms with van der Waals surface area (Å²) in [6.45, 7) is 11.6. The highest BCUT2D eigenvalue weighted by Crippen LogP contribution is 2.55. The lowest BCUT2D eigenvalue weighted by Gasteiger charge is -2.63. The number of fused-ring (bicyclic) bond motifs is 1. The highest BCUT2D eigenvalue weighted by molar-refractivity contribution is 6.31. The van der Waals surface area contributed by atoms with Crippen LogP contribution in [0, 0.1) is 28.0 Å². The predicted octanol–water partition coefficient (Wildman–Crippen LogP) is 4.44. The van der Waals surface area contributed by atoms with Crippen molar-refractivity contribution in [2.75, 3.05) is 31.1 Å². The molecule has 0 spiro atoms. The Kier molecular flexibility index (Phi) is 9.41. The number of carbonyl (C=O) groups is 4. The smallest absolute Gasteiger partial charge is 0.258 e. The fourth-order valence-electron chi connectivity index (χ4n) is 8.72. The molecule has 12 nitrogen and oxygen atoms in total. The number of imide groups is 1. The van der Waals surface area contributed by atoms with Crippen LogP contribution in [0.5, 0.6) is 5.75 Å². The van der Waals surface area contributed by atoms with Crippen LogP contribution in [0.2, 0.25) is 5.02 Å². The Morgan fingerprint density at radius 3 is 2.45 bits per heavy atom. The molecule has 4 heterocycles. The number of pyridine rings is 1. The Balaban J connectivity index is 0.920. The van der Waals surface area contributed by atoms with Crippen LogP contribution in [0.3, 0.4) is 0 Å². The van der Waals surface area contributed by atoms with Crippen molar-refractivity contribution in [3.05, 3.63) is 87.3 Å². The number of halogens is 2. The van der Waals surface area contributed by atoms with Crippen LogP contribution in [0.15, 0.2) is 48.7 Å². The van der Waals surface area contributed by atoms with Gasteiger partial charge in [0.1, 0.15) is 35.6 Å². The molecule has 1 unspecified atom stereocenters. The van der Waals surface area contributed by atoms with Crippen LogP contribution in [-0.2, 0) is 22.7 Å². The molecule has 2 saturated heterocycles. The zero-order chi connectivity index (χ0) is 37.8. The lowest BCUT2D eigenvalue weighted by molar-refractivity contribution is -0.164. The second-order valence-corrected chi connectivity index (χ2v) is 15.9. The van der Waals surface area contributed by atoms with Crippen molar-refractivity contribution in [2.45, 2.75) is 71.8 Å². The number of carbonyl (C=O) groups excluding carboxylic acids is 4. The monoisotopic (exact) mass is 741 g/mol. The first-order valence-corrected chi connectivity index (χ1v) is 18.1. The number of benzene rings is 2. The number of aromatic nitrogens is 1. The average Bonchev–Trinajstić information content (AvgIpc) is 3.45. The predicted molar refractivity (Wildman–Crippen MR) is 194 cm³/mol. The largest absolute Gasteiger partial charge is 0.489 e. The maximum Gasteiger partial charge on any atom is 0.258 e. The molecule has 7 rings (SSSR count). The molecule has 4 aliphatic rings. The molecule has 4 amide bonds. The SMILES string of the molecule is CC1(C)[C@H](NC(=O)c2ccc(N3CCN(Cc4cc(F)c5c(c4)CN(C4CCC(=O)NC4=O)C5=O)CC3)nc2)C(C)(C)[C@H]1Oc1ccc(C#N)c(Cl)c1. The Hall–Kier alpha value is -5.06. The minimum absolute atomic E-state index is 0.00441. The molecule has 2 N–H and O–H groups in total. The highest BCUT2D eigenvalue weighted by atomic mass is 35.5. The first-order valence-electron chi connectivity index (χ1n) is 17.7. The van der Waals surface area contributed by atoms with Gasteiger partial charge in [0, 0.05) is 74.8 Å². The molecule has 1 atom stereocenters. The number of ether oxygens (including phenoxy) is 1. The summed E-state index contributed by atoms with van der Waals surface area (Å²) in [4.78, 5) is 60.7. The molecule has 1 aromatic heterocycles. The van der Waals surface area contributed by atoms with Crippen LogP contribution < -0.4 is 20.3 Å². The van der Waals surface area contributed by atoms with Crippen LogP contribution in [0.25, 0.3) is 0 Å². The number of rotatable bonds is 8. The summed E-state index contributed by atoms with van der Waals surface area (Å²) < 4.78 is 21.6. The standard InChI is InChI=1S/C39H41ClFN7O5/c1-38(2)36(39(3,4)37(38)53-26-7-5-23(18-42)27(40)17-26)45-33(50)24-6-9-30(43-19-24)47-13-11-46(12-14-47)20-22-15-25-21-48(35(52)32(25)28(41)16-22)29-8-10-31(49)44-34(29)51/h5-7,9,15-17,19,29,36-37H,8,10-14,20-21H2,1-4H3,(H,45,50)(H,44,49,51)/t29?,36-,37-. The van der Waals surface area contributed by atoms with Gasteiger partial charge < -0.3 is 19.9 Å². The lowest BCUT2D eigenvalue weighted by atomic mass is 9.49. The van der Waals surface area contributed by atoms with Gasteiger partial charge in [-0.25, -0.2) is 9.37 Å². The Morgan fingerprint density at radius 1 is 1.08 bits per heavy atom. The zero-order valence-corrected chi connectivity index (χ0v) is 30.8. The summed E-state index contributed by atoms with van der Waals surface area (Å²) in [5.74, 6) is -0.907. The summed E-state index contributed by atoms with van der Waals surface area (Å²) in [6.07, 6.45) is 1.74. The number of nitrogens with one attached hydrogen (secondary N) is 2. The molecule has 3 aromatic rings. The second-order valence-electron chi connectivity index (χ2n) is 15.5. The van der Waals surface area contributed by atoms with Gasteiger partial charge in [-0.1, -0.05) is 45.4 Å². The van der Waals surface area contributed by atoms with Gasteiger partial charge in [-0.2, -0.15) is 5.26 Å². The van der Waals surface area contributed by atoms with E-state index in [1.54, 1.807) is 30.5 Å². The van der Waals surface area contributed by atoms with Gasteiger partial charge in [-0.3, -0.25) is 29.4 Å². The number of amides is 4. The van der Waals surface area contributed by atoms with Crippen molar-refractivity contribution < 1.29 is 28.3 Å². The first-order chi connectivity index (χ1) is 25.2. The highest BCUT2D eigenvalue weighted by Gasteiger charge is 2.64. The van der Waals surface area contributed by atoms with Crippen molar-refractivity contribution >= 4 is 41.0 Å². The Morgan fingerprint density at radius 2 is 1.81 bits per heavy atom. The average molecular weight is 742 g/mol. The van der Waals surface area contributed by atoms with E-state index < -0.39 is 34.5 Å². The van der Waals surface area contributed by atoms with Crippen molar-refractivity contribution in [3.63, 3.8) is 0 Å². The summed E-state index contributed by atoms with van der Waals surface area (Å²) in [5, 5.41) is 15.0. The van der Waals surface area contributed by atoms with Gasteiger partial charge in [0.2, 0.25) is 11.8 Å². The number of nitrogens with zero attached hydrogens (tertiary/aromatic N) is 5. The number of hydrogen-bond donors (Lipinski definition) is 2. The number of nitriles is 1. The molecule has 14 heteroatoms. The normalized spacial score (nSPS) is 23.5. The van der Waals surface area contributed by atoms with E-state index in [1.165, 1.54) is 11.0 Å². The summed E-state index contributed by atoms with van der Waals surface area (Å²) in [7, 11) is 0. The molecule has 3 aliphatic heterocycles. The maximum atomic E-state index is 15.2. The van der Waals surface area contributed by atoms with Gasteiger partial charge in [-0.05, 0) is 47.9 Å². The van der Waals surface area contributed by atoms with Crippen LogP contribution in [-0.4, -0.2) is 82.8 Å². The molecule has 276 valence electrons. The van der Waals surface area contributed by atoms with E-state index in [1.807, 2.05) is 12.1 Å². The van der Waals surface area contributed by atoms with E-state index >= 15 is 4.39 Å². The van der Waals surface area contributed by atoms with Gasteiger partial charge in [0.05, 0.1) is 21.7 Å². The van der Waals surface area contributed by atoms with E-state index in [0.717, 1.165) is 11.4 Å². The second kappa shape index (κ2) is 13.7. The molecule has 53 heavy (non-hydrogen) atoms. The molecule has 0 radical (unpaired) electrons. The third-order valence-electron chi connectivity index (χ3n) is 11.2. The first kappa shape index (κ1) is 36.3. The molecule has 3 fully saturated rings. The van der Waals surface area contributed by atoms with E-state index in [4.69, 9.17) is 16.3 Å². The minimum atomic E-state index is -0.793. The van der Waals surface area contributed by atoms with Crippen LogP contribution in [0.4, 0.5) is 10.2 Å². The quantitative estimate of drug-likeness (QED) is 0.320. The van der Waals surface area contributed by atoms with Crippen LogP contribution in [0.1, 0.15) is 77.9 Å². The topological polar surface area (TPSA) is 148 Å². The lowest BCUT2D eigenvalue weighted by Crippen LogP contribution is -2.74. The third-order valence-corrected chi connectivity index (χ3v) is 11.5. The van der Waals surface area contributed by atoms with Crippen LogP contribution >= 0.6 is 11.6 Å². The summed E-state index contributed by atoms with van der Waals surface area (Å²) >= 11 is 6.22. The van der Waals surface area contributed by atoms with Gasteiger partial charge >= 0.3 is 0 Å². The minimum Gasteiger partial charge on any atom is -0.489 e. The summed E-state index contributed by atoms with van der Waals surface area (Å²) in [5.41, 5.74) is 1.33. The molecular weight excluding hydrogens is 701 g/mol. The number of hydrogen-bond acceptors (Lipinski definition) is 9. The van der Waals surface area contributed by atoms with Crippen molar-refractivity contribution in [1.82, 2.24) is 25.4 Å². The number of anilines is 1. The molecule has 2 aromatic carbocycles. The number of piperazine rings is 1. The van der Waals surface area contributed by atoms with Gasteiger partial charge in [-0.15, -0.1) is 0 Å². The van der Waals surface area contributed by atoms with E-state index in [9.17, 15) is 24.4 Å². The molecule has 1 saturated carbocycles. The van der Waals surface area contributed by atoms with Gasteiger partial charge in [0.25, 0.3) is 11.8 Å².